The van der Waals surface area contributed by atoms with Gasteiger partial charge in [-0.1, -0.05) is 18.2 Å². The summed E-state index contributed by atoms with van der Waals surface area (Å²) in [7, 11) is 0. The van der Waals surface area contributed by atoms with Gasteiger partial charge in [0.2, 0.25) is 0 Å². The van der Waals surface area contributed by atoms with Crippen molar-refractivity contribution < 1.29 is 4.79 Å². The van der Waals surface area contributed by atoms with Crippen molar-refractivity contribution in [1.82, 2.24) is 30.1 Å². The van der Waals surface area contributed by atoms with E-state index >= 15 is 0 Å². The molecule has 27 heavy (non-hydrogen) atoms. The van der Waals surface area contributed by atoms with E-state index in [-0.39, 0.29) is 12.5 Å². The highest BCUT2D eigenvalue weighted by Crippen LogP contribution is 2.23. The van der Waals surface area contributed by atoms with E-state index < -0.39 is 0 Å². The van der Waals surface area contributed by atoms with E-state index in [1.54, 1.807) is 15.9 Å². The lowest BCUT2D eigenvalue weighted by Gasteiger charge is -2.03. The topological polar surface area (TPSA) is 85.1 Å². The number of nitrogens with one attached hydrogen (secondary N) is 1. The van der Waals surface area contributed by atoms with Gasteiger partial charge in [0.25, 0.3) is 5.91 Å². The maximum Gasteiger partial charge on any atom is 0.280 e. The second-order valence-electron chi connectivity index (χ2n) is 5.75. The summed E-state index contributed by atoms with van der Waals surface area (Å²) >= 11 is 2.98. The third-order valence-corrected chi connectivity index (χ3v) is 5.92. The average Bonchev–Trinajstić information content (AvgIpc) is 3.44. The number of nitrogens with zero attached hydrogens (tertiary/aromatic N) is 5. The largest absolute Gasteiger partial charge is 0.343 e. The lowest BCUT2D eigenvalue weighted by Crippen LogP contribution is -2.24. The lowest BCUT2D eigenvalue weighted by molar-refractivity contribution is 0.0949. The highest BCUT2D eigenvalue weighted by Gasteiger charge is 2.14. The zero-order valence-electron chi connectivity index (χ0n) is 13.9. The quantitative estimate of drug-likeness (QED) is 0.507. The zero-order chi connectivity index (χ0) is 18.2. The molecule has 0 bridgehead atoms. The van der Waals surface area contributed by atoms with Crippen molar-refractivity contribution in [3.8, 4) is 10.6 Å². The van der Waals surface area contributed by atoms with Gasteiger partial charge in [0.1, 0.15) is 5.69 Å². The van der Waals surface area contributed by atoms with Crippen LogP contribution in [0.3, 0.4) is 0 Å². The van der Waals surface area contributed by atoms with Crippen LogP contribution in [0, 0.1) is 0 Å². The molecule has 4 aromatic heterocycles. The fourth-order valence-corrected chi connectivity index (χ4v) is 4.28. The second-order valence-corrected chi connectivity index (χ2v) is 7.73. The Kier molecular flexibility index (Phi) is 3.88. The number of amides is 1. The van der Waals surface area contributed by atoms with Crippen LogP contribution in [0.4, 0.5) is 0 Å². The fourth-order valence-electron chi connectivity index (χ4n) is 2.70. The third kappa shape index (κ3) is 2.96. The van der Waals surface area contributed by atoms with Gasteiger partial charge in [-0.25, -0.2) is 4.98 Å². The molecule has 0 saturated carbocycles. The van der Waals surface area contributed by atoms with E-state index in [1.807, 2.05) is 53.9 Å². The SMILES string of the molecule is O=C(NCc1nnc2ccc(-c3cccs3)nn12)c1nc2ccccc2s1. The van der Waals surface area contributed by atoms with Crippen molar-refractivity contribution >= 4 is 44.4 Å². The number of benzene rings is 1. The van der Waals surface area contributed by atoms with Gasteiger partial charge in [-0.05, 0) is 35.7 Å². The number of hydrogen-bond acceptors (Lipinski definition) is 7. The summed E-state index contributed by atoms with van der Waals surface area (Å²) in [4.78, 5) is 17.9. The standard InChI is InChI=1S/C18H12N6OS2/c25-17(18-20-11-4-1-2-5-14(11)27-18)19-10-16-22-21-15-8-7-12(23-24(15)16)13-6-3-9-26-13/h1-9H,10H2,(H,19,25). The van der Waals surface area contributed by atoms with Gasteiger partial charge < -0.3 is 5.32 Å². The Labute approximate surface area is 161 Å². The second kappa shape index (κ2) is 6.53. The smallest absolute Gasteiger partial charge is 0.280 e. The minimum absolute atomic E-state index is 0.219. The molecule has 5 rings (SSSR count). The van der Waals surface area contributed by atoms with Gasteiger partial charge >= 0.3 is 0 Å². The van der Waals surface area contributed by atoms with Crippen molar-refractivity contribution in [1.29, 1.82) is 0 Å². The van der Waals surface area contributed by atoms with Crippen LogP contribution in [-0.4, -0.2) is 30.7 Å². The molecular formula is C18H12N6OS2. The molecule has 1 aromatic carbocycles. The maximum absolute atomic E-state index is 12.5. The van der Waals surface area contributed by atoms with Crippen molar-refractivity contribution in [2.45, 2.75) is 6.54 Å². The summed E-state index contributed by atoms with van der Waals surface area (Å²) in [5, 5.41) is 18.2. The summed E-state index contributed by atoms with van der Waals surface area (Å²) in [5.41, 5.74) is 2.30. The van der Waals surface area contributed by atoms with E-state index in [9.17, 15) is 4.79 Å². The Balaban J connectivity index is 1.39. The normalized spacial score (nSPS) is 11.3. The number of rotatable bonds is 4. The van der Waals surface area contributed by atoms with Gasteiger partial charge in [-0.2, -0.15) is 9.61 Å². The Morgan fingerprint density at radius 2 is 2.00 bits per heavy atom. The Morgan fingerprint density at radius 3 is 2.85 bits per heavy atom. The molecule has 0 unspecified atom stereocenters. The number of thiophene rings is 1. The number of hydrogen-bond donors (Lipinski definition) is 1. The van der Waals surface area contributed by atoms with Gasteiger partial charge in [0, 0.05) is 0 Å². The number of fused-ring (bicyclic) bond motifs is 2. The first kappa shape index (κ1) is 16.0. The van der Waals surface area contributed by atoms with E-state index in [0.29, 0.717) is 16.5 Å². The maximum atomic E-state index is 12.5. The molecule has 0 aliphatic carbocycles. The number of thiazole rings is 1. The number of carbonyl (C=O) groups excluding carboxylic acids is 1. The van der Waals surface area contributed by atoms with Crippen molar-refractivity contribution in [3.63, 3.8) is 0 Å². The molecule has 0 aliphatic heterocycles. The lowest BCUT2D eigenvalue weighted by atomic mass is 10.3. The summed E-state index contributed by atoms with van der Waals surface area (Å²) in [6.07, 6.45) is 0. The number of aromatic nitrogens is 5. The molecule has 9 heteroatoms. The molecule has 132 valence electrons. The van der Waals surface area contributed by atoms with E-state index in [0.717, 1.165) is 20.8 Å². The van der Waals surface area contributed by atoms with E-state index in [1.165, 1.54) is 11.3 Å². The van der Waals surface area contributed by atoms with E-state index in [4.69, 9.17) is 0 Å². The van der Waals surface area contributed by atoms with Crippen LogP contribution in [0.5, 0.6) is 0 Å². The molecule has 0 fully saturated rings. The van der Waals surface area contributed by atoms with Crippen LogP contribution in [0.2, 0.25) is 0 Å². The van der Waals surface area contributed by atoms with Gasteiger partial charge in [-0.3, -0.25) is 4.79 Å². The van der Waals surface area contributed by atoms with Gasteiger partial charge in [-0.15, -0.1) is 32.9 Å². The molecule has 1 amide bonds. The molecule has 0 aliphatic rings. The molecule has 0 atom stereocenters. The summed E-state index contributed by atoms with van der Waals surface area (Å²) in [6, 6.07) is 15.5. The average molecular weight is 392 g/mol. The van der Waals surface area contributed by atoms with Crippen LogP contribution < -0.4 is 5.32 Å². The molecule has 1 N–H and O–H groups in total. The van der Waals surface area contributed by atoms with Crippen LogP contribution in [0.1, 0.15) is 15.6 Å². The molecule has 0 radical (unpaired) electrons. The minimum Gasteiger partial charge on any atom is -0.343 e. The monoisotopic (exact) mass is 392 g/mol. The van der Waals surface area contributed by atoms with Crippen LogP contribution >= 0.6 is 22.7 Å². The molecule has 5 aromatic rings. The highest BCUT2D eigenvalue weighted by atomic mass is 32.1. The highest BCUT2D eigenvalue weighted by molar-refractivity contribution is 7.20. The Morgan fingerprint density at radius 1 is 1.07 bits per heavy atom. The first-order chi connectivity index (χ1) is 13.3. The minimum atomic E-state index is -0.234. The Hall–Kier alpha value is -3.17. The summed E-state index contributed by atoms with van der Waals surface area (Å²) in [5.74, 6) is 0.334. The predicted molar refractivity (Wildman–Crippen MR) is 105 cm³/mol. The molecule has 4 heterocycles. The first-order valence-electron chi connectivity index (χ1n) is 8.17. The van der Waals surface area contributed by atoms with Crippen molar-refractivity contribution in [2.24, 2.45) is 0 Å². The van der Waals surface area contributed by atoms with Crippen LogP contribution in [0.25, 0.3) is 26.4 Å². The predicted octanol–water partition coefficient (Wildman–Crippen LogP) is 3.39. The van der Waals surface area contributed by atoms with E-state index in [2.05, 4.69) is 25.6 Å². The summed E-state index contributed by atoms with van der Waals surface area (Å²) in [6.45, 7) is 0.219. The third-order valence-electron chi connectivity index (χ3n) is 4.00. The molecular weight excluding hydrogens is 380 g/mol. The van der Waals surface area contributed by atoms with Gasteiger partial charge in [0.05, 0.1) is 21.6 Å². The number of carbonyl (C=O) groups is 1. The zero-order valence-corrected chi connectivity index (χ0v) is 15.5. The van der Waals surface area contributed by atoms with Crippen molar-refractivity contribution in [3.05, 3.63) is 64.7 Å². The summed E-state index contributed by atoms with van der Waals surface area (Å²) < 4.78 is 2.64. The molecule has 0 saturated heterocycles. The fraction of sp³-hybridized carbons (Fsp3) is 0.0556. The van der Waals surface area contributed by atoms with Crippen LogP contribution in [-0.2, 0) is 6.54 Å². The van der Waals surface area contributed by atoms with Crippen LogP contribution in [0.15, 0.2) is 53.9 Å². The first-order valence-corrected chi connectivity index (χ1v) is 9.86. The van der Waals surface area contributed by atoms with Gasteiger partial charge in [0.15, 0.2) is 16.5 Å². The molecule has 7 nitrogen and oxygen atoms in total. The molecule has 0 spiro atoms. The van der Waals surface area contributed by atoms with Crippen molar-refractivity contribution in [2.75, 3.05) is 0 Å². The number of para-hydroxylation sites is 1. The Bertz CT molecular complexity index is 1220.